The molecule has 0 fully saturated rings. The van der Waals surface area contributed by atoms with Crippen LogP contribution in [0.1, 0.15) is 26.4 Å². The number of aryl methyl sites for hydroxylation is 1. The quantitative estimate of drug-likeness (QED) is 0.489. The lowest BCUT2D eigenvalue weighted by Gasteiger charge is -2.09. The standard InChI is InChI=1S/C19H20N4O2S2/c1-23-12-14(11-21-23)10-20-19(26)22-17-16(18(24)25-2)9-15(27-17)8-13-6-4-3-5-7-13/h3-7,9,11-12H,8,10H2,1-2H3,(H2,20,22,26). The Bertz CT molecular complexity index is 934. The van der Waals surface area contributed by atoms with E-state index in [1.165, 1.54) is 24.0 Å². The van der Waals surface area contributed by atoms with Crippen LogP contribution >= 0.6 is 23.6 Å². The summed E-state index contributed by atoms with van der Waals surface area (Å²) in [4.78, 5) is 13.2. The van der Waals surface area contributed by atoms with Crippen LogP contribution < -0.4 is 10.6 Å². The number of esters is 1. The molecule has 2 N–H and O–H groups in total. The second-order valence-electron chi connectivity index (χ2n) is 5.94. The molecule has 0 unspecified atom stereocenters. The number of thiocarbonyl (C=S) groups is 1. The van der Waals surface area contributed by atoms with Gasteiger partial charge in [0.15, 0.2) is 5.11 Å². The minimum atomic E-state index is -0.386. The molecule has 0 atom stereocenters. The molecule has 0 saturated heterocycles. The summed E-state index contributed by atoms with van der Waals surface area (Å²) in [6.45, 7) is 0.551. The number of benzene rings is 1. The molecular formula is C19H20N4O2S2. The third-order valence-electron chi connectivity index (χ3n) is 3.85. The molecule has 2 aromatic heterocycles. The summed E-state index contributed by atoms with van der Waals surface area (Å²) >= 11 is 6.86. The molecule has 0 bridgehead atoms. The van der Waals surface area contributed by atoms with E-state index >= 15 is 0 Å². The number of ether oxygens (including phenoxy) is 1. The molecule has 0 aliphatic rings. The minimum absolute atomic E-state index is 0.386. The molecule has 2 heterocycles. The first-order valence-corrected chi connectivity index (χ1v) is 9.55. The van der Waals surface area contributed by atoms with Gasteiger partial charge < -0.3 is 15.4 Å². The zero-order valence-corrected chi connectivity index (χ0v) is 16.7. The highest BCUT2D eigenvalue weighted by Gasteiger charge is 2.18. The maximum atomic E-state index is 12.1. The van der Waals surface area contributed by atoms with E-state index in [1.807, 2.05) is 37.5 Å². The first-order valence-electron chi connectivity index (χ1n) is 8.32. The maximum absolute atomic E-state index is 12.1. The average Bonchev–Trinajstić information content (AvgIpc) is 3.26. The number of carbonyl (C=O) groups excluding carboxylic acids is 1. The molecule has 0 saturated carbocycles. The first-order chi connectivity index (χ1) is 13.0. The lowest BCUT2D eigenvalue weighted by molar-refractivity contribution is 0.0602. The zero-order chi connectivity index (χ0) is 19.2. The van der Waals surface area contributed by atoms with Gasteiger partial charge in [-0.1, -0.05) is 30.3 Å². The first kappa shape index (κ1) is 19.1. The van der Waals surface area contributed by atoms with Crippen LogP contribution in [0.5, 0.6) is 0 Å². The highest BCUT2D eigenvalue weighted by Crippen LogP contribution is 2.30. The zero-order valence-electron chi connectivity index (χ0n) is 15.1. The lowest BCUT2D eigenvalue weighted by Crippen LogP contribution is -2.28. The third kappa shape index (κ3) is 5.15. The molecule has 0 aliphatic heterocycles. The van der Waals surface area contributed by atoms with Gasteiger partial charge in [-0.15, -0.1) is 11.3 Å². The SMILES string of the molecule is COC(=O)c1cc(Cc2ccccc2)sc1NC(=S)NCc1cnn(C)c1. The van der Waals surface area contributed by atoms with E-state index in [4.69, 9.17) is 17.0 Å². The second kappa shape index (κ2) is 8.79. The van der Waals surface area contributed by atoms with Gasteiger partial charge in [0.05, 0.1) is 18.9 Å². The maximum Gasteiger partial charge on any atom is 0.340 e. The van der Waals surface area contributed by atoms with Crippen molar-refractivity contribution in [3.8, 4) is 0 Å². The van der Waals surface area contributed by atoms with E-state index in [0.29, 0.717) is 22.2 Å². The smallest absolute Gasteiger partial charge is 0.340 e. The van der Waals surface area contributed by atoms with Gasteiger partial charge in [0.1, 0.15) is 5.00 Å². The topological polar surface area (TPSA) is 68.2 Å². The number of carbonyl (C=O) groups is 1. The molecule has 0 amide bonds. The molecule has 3 rings (SSSR count). The van der Waals surface area contributed by atoms with Crippen LogP contribution in [0.15, 0.2) is 48.8 Å². The summed E-state index contributed by atoms with van der Waals surface area (Å²) in [5, 5.41) is 11.5. The Morgan fingerprint density at radius 3 is 2.74 bits per heavy atom. The Balaban J connectivity index is 1.70. The summed E-state index contributed by atoms with van der Waals surface area (Å²) in [5.74, 6) is -0.386. The average molecular weight is 401 g/mol. The van der Waals surface area contributed by atoms with Crippen molar-refractivity contribution in [2.75, 3.05) is 12.4 Å². The van der Waals surface area contributed by atoms with E-state index in [2.05, 4.69) is 27.9 Å². The number of thiophene rings is 1. The number of hydrogen-bond acceptors (Lipinski definition) is 5. The summed E-state index contributed by atoms with van der Waals surface area (Å²) in [5.41, 5.74) is 2.68. The van der Waals surface area contributed by atoms with Crippen molar-refractivity contribution in [3.05, 3.63) is 70.4 Å². The lowest BCUT2D eigenvalue weighted by atomic mass is 10.1. The normalized spacial score (nSPS) is 10.4. The van der Waals surface area contributed by atoms with Gasteiger partial charge >= 0.3 is 5.97 Å². The molecule has 6 nitrogen and oxygen atoms in total. The van der Waals surface area contributed by atoms with E-state index in [-0.39, 0.29) is 5.97 Å². The van der Waals surface area contributed by atoms with Crippen LogP contribution in [0.3, 0.4) is 0 Å². The van der Waals surface area contributed by atoms with Crippen molar-refractivity contribution >= 4 is 39.6 Å². The van der Waals surface area contributed by atoms with Gasteiger partial charge in [0, 0.05) is 36.7 Å². The summed E-state index contributed by atoms with van der Waals surface area (Å²) in [7, 11) is 3.24. The second-order valence-corrected chi connectivity index (χ2v) is 7.48. The van der Waals surface area contributed by atoms with Gasteiger partial charge in [-0.3, -0.25) is 4.68 Å². The van der Waals surface area contributed by atoms with Crippen molar-refractivity contribution in [3.63, 3.8) is 0 Å². The predicted octanol–water partition coefficient (Wildman–Crippen LogP) is 3.35. The Morgan fingerprint density at radius 1 is 1.30 bits per heavy atom. The largest absolute Gasteiger partial charge is 0.465 e. The Labute approximate surface area is 167 Å². The van der Waals surface area contributed by atoms with Crippen molar-refractivity contribution in [2.45, 2.75) is 13.0 Å². The van der Waals surface area contributed by atoms with Crippen molar-refractivity contribution in [1.82, 2.24) is 15.1 Å². The number of hydrogen-bond donors (Lipinski definition) is 2. The fourth-order valence-electron chi connectivity index (χ4n) is 2.57. The number of rotatable bonds is 6. The fourth-order valence-corrected chi connectivity index (χ4v) is 3.90. The summed E-state index contributed by atoms with van der Waals surface area (Å²) in [6, 6.07) is 12.0. The van der Waals surface area contributed by atoms with Crippen LogP contribution in [0.4, 0.5) is 5.00 Å². The molecule has 140 valence electrons. The van der Waals surface area contributed by atoms with Crippen LogP contribution in [0, 0.1) is 0 Å². The Kier molecular flexibility index (Phi) is 6.20. The van der Waals surface area contributed by atoms with E-state index in [0.717, 1.165) is 16.9 Å². The van der Waals surface area contributed by atoms with Crippen LogP contribution in [-0.2, 0) is 24.8 Å². The number of nitrogens with zero attached hydrogens (tertiary/aromatic N) is 2. The van der Waals surface area contributed by atoms with Crippen LogP contribution in [0.25, 0.3) is 0 Å². The van der Waals surface area contributed by atoms with Gasteiger partial charge in [-0.2, -0.15) is 5.10 Å². The highest BCUT2D eigenvalue weighted by atomic mass is 32.1. The summed E-state index contributed by atoms with van der Waals surface area (Å²) in [6.07, 6.45) is 4.43. The molecule has 0 radical (unpaired) electrons. The van der Waals surface area contributed by atoms with Crippen molar-refractivity contribution in [2.24, 2.45) is 7.05 Å². The predicted molar refractivity (Wildman–Crippen MR) is 111 cm³/mol. The van der Waals surface area contributed by atoms with Gasteiger partial charge in [-0.25, -0.2) is 4.79 Å². The number of methoxy groups -OCH3 is 1. The van der Waals surface area contributed by atoms with Crippen LogP contribution in [-0.4, -0.2) is 28.0 Å². The minimum Gasteiger partial charge on any atom is -0.465 e. The Morgan fingerprint density at radius 2 is 2.07 bits per heavy atom. The number of anilines is 1. The van der Waals surface area contributed by atoms with Crippen LogP contribution in [0.2, 0.25) is 0 Å². The molecule has 0 spiro atoms. The monoisotopic (exact) mass is 400 g/mol. The van der Waals surface area contributed by atoms with E-state index in [1.54, 1.807) is 10.9 Å². The molecule has 3 aromatic rings. The molecule has 1 aromatic carbocycles. The number of nitrogens with one attached hydrogen (secondary N) is 2. The van der Waals surface area contributed by atoms with Gasteiger partial charge in [0.25, 0.3) is 0 Å². The van der Waals surface area contributed by atoms with E-state index in [9.17, 15) is 4.79 Å². The molecular weight excluding hydrogens is 380 g/mol. The highest BCUT2D eigenvalue weighted by molar-refractivity contribution is 7.80. The molecule has 27 heavy (non-hydrogen) atoms. The Hall–Kier alpha value is -2.71. The fraction of sp³-hybridized carbons (Fsp3) is 0.211. The number of aromatic nitrogens is 2. The molecule has 0 aliphatic carbocycles. The van der Waals surface area contributed by atoms with Crippen molar-refractivity contribution in [1.29, 1.82) is 0 Å². The molecule has 8 heteroatoms. The van der Waals surface area contributed by atoms with Gasteiger partial charge in [0.2, 0.25) is 0 Å². The van der Waals surface area contributed by atoms with E-state index < -0.39 is 0 Å². The summed E-state index contributed by atoms with van der Waals surface area (Å²) < 4.78 is 6.64. The van der Waals surface area contributed by atoms with Gasteiger partial charge in [-0.05, 0) is 23.8 Å². The van der Waals surface area contributed by atoms with Crippen molar-refractivity contribution < 1.29 is 9.53 Å². The third-order valence-corrected chi connectivity index (χ3v) is 5.14.